The molecule has 458 valence electrons. The summed E-state index contributed by atoms with van der Waals surface area (Å²) in [5, 5.41) is 54.3. The van der Waals surface area contributed by atoms with E-state index < -0.39 is 47.7 Å². The maximum atomic E-state index is 14.4. The SMILES string of the molecule is C=C(/C=C\C=C/C)[C@H](C(=O)N[C@H](CCCN=C(N)NC(=O)NCCNC(=O)CC)C(=O)NCc1ccc(O)cc1)c1cccc(OCCOCCOCCNC(=O)CN2CCN(CC(=O)O)CCN(CC(=O)O)CCN(CC(=O)O)CC2)c1. The largest absolute Gasteiger partial charge is 0.508 e. The van der Waals surface area contributed by atoms with Crippen molar-refractivity contribution in [3.8, 4) is 11.5 Å². The van der Waals surface area contributed by atoms with Crippen molar-refractivity contribution in [2.24, 2.45) is 10.7 Å². The Morgan fingerprint density at radius 3 is 1.82 bits per heavy atom. The second kappa shape index (κ2) is 40.3. The maximum Gasteiger partial charge on any atom is 0.321 e. The van der Waals surface area contributed by atoms with Gasteiger partial charge >= 0.3 is 23.9 Å². The number of nitrogens with two attached hydrogens (primary N) is 1. The van der Waals surface area contributed by atoms with Gasteiger partial charge in [-0.1, -0.05) is 62.1 Å². The average molecular weight is 1170 g/mol. The molecule has 1 aliphatic rings. The standard InChI is InChI=1S/C56H84N12O15/c1-4-6-7-10-41(3)52(54(79)63-46(53(78)62-36-42-14-16-44(69)17-15-42)13-9-18-60-55(57)64-56(80)61-20-19-58-47(70)5-2)43-11-8-12-45(35-43)83-34-33-82-32-31-81-30-21-59-48(71)37-65-22-24-66(38-49(72)73)26-28-68(40-51(76)77)29-27-67(25-23-65)39-50(74)75/h4,6-8,10-12,14-17,35,46,52,69H,3,5,9,13,18-34,36-40H2,1-2H3,(H,58,70)(H,59,71)(H,62,78)(H,63,79)(H,72,73)(H,74,75)(H,76,77)(H4,57,60,61,64,80)/b6-4-,10-7-/t46-,52+/m1/s1. The molecule has 2 aromatic carbocycles. The quantitative estimate of drug-likeness (QED) is 0.0186. The van der Waals surface area contributed by atoms with Crippen LogP contribution in [0.1, 0.15) is 50.2 Å². The van der Waals surface area contributed by atoms with E-state index in [1.807, 2.05) is 17.9 Å². The lowest BCUT2D eigenvalue weighted by Crippen LogP contribution is -2.50. The van der Waals surface area contributed by atoms with Gasteiger partial charge in [0.25, 0.3) is 0 Å². The van der Waals surface area contributed by atoms with E-state index in [2.05, 4.69) is 43.5 Å². The molecule has 1 fully saturated rings. The van der Waals surface area contributed by atoms with Gasteiger partial charge in [0.1, 0.15) is 24.1 Å². The number of phenolic OH excluding ortho intramolecular Hbond substituents is 1. The van der Waals surface area contributed by atoms with E-state index >= 15 is 0 Å². The number of phenols is 1. The van der Waals surface area contributed by atoms with Crippen LogP contribution in [0.15, 0.2) is 90.0 Å². The monoisotopic (exact) mass is 1160 g/mol. The first-order chi connectivity index (χ1) is 39.8. The fourth-order valence-electron chi connectivity index (χ4n) is 8.20. The number of hydrogen-bond donors (Lipinski definition) is 11. The summed E-state index contributed by atoms with van der Waals surface area (Å²) in [5.41, 5.74) is 7.60. The number of carbonyl (C=O) groups is 8. The number of allylic oxidation sites excluding steroid dienone is 4. The molecule has 1 aliphatic heterocycles. The molecule has 0 spiro atoms. The number of aromatic hydroxyl groups is 1. The first-order valence-electron chi connectivity index (χ1n) is 27.5. The van der Waals surface area contributed by atoms with Crippen molar-refractivity contribution in [1.29, 1.82) is 0 Å². The number of hydrogen-bond acceptors (Lipinski definition) is 17. The molecule has 0 aromatic heterocycles. The Bertz CT molecular complexity index is 2450. The fourth-order valence-corrected chi connectivity index (χ4v) is 8.20. The van der Waals surface area contributed by atoms with E-state index in [4.69, 9.17) is 19.9 Å². The summed E-state index contributed by atoms with van der Waals surface area (Å²) in [7, 11) is 0. The minimum absolute atomic E-state index is 0.0268. The molecular weight excluding hydrogens is 1080 g/mol. The molecule has 0 unspecified atom stereocenters. The van der Waals surface area contributed by atoms with Gasteiger partial charge in [0.05, 0.1) is 58.5 Å². The molecule has 12 N–H and O–H groups in total. The molecule has 3 rings (SSSR count). The number of guanidine groups is 1. The summed E-state index contributed by atoms with van der Waals surface area (Å²) in [6, 6.07) is 11.6. The van der Waals surface area contributed by atoms with E-state index in [1.54, 1.807) is 76.2 Å². The zero-order valence-electron chi connectivity index (χ0n) is 47.6. The van der Waals surface area contributed by atoms with Crippen LogP contribution >= 0.6 is 0 Å². The van der Waals surface area contributed by atoms with Gasteiger partial charge in [-0.25, -0.2) is 4.79 Å². The second-order valence-corrected chi connectivity index (χ2v) is 19.1. The van der Waals surface area contributed by atoms with Gasteiger partial charge in [0, 0.05) is 91.5 Å². The molecule has 1 saturated heterocycles. The summed E-state index contributed by atoms with van der Waals surface area (Å²) in [5.74, 6) is -5.20. The highest BCUT2D eigenvalue weighted by molar-refractivity contribution is 5.95. The molecule has 2 atom stereocenters. The van der Waals surface area contributed by atoms with Gasteiger partial charge in [0.2, 0.25) is 23.6 Å². The van der Waals surface area contributed by atoms with E-state index in [-0.39, 0.29) is 168 Å². The molecular formula is C56H84N12O15. The summed E-state index contributed by atoms with van der Waals surface area (Å²) < 4.78 is 17.4. The topological polar surface area (TPSA) is 369 Å². The number of aliphatic imine (C=N–C) groups is 1. The molecule has 0 bridgehead atoms. The highest BCUT2D eigenvalue weighted by Crippen LogP contribution is 2.28. The van der Waals surface area contributed by atoms with Gasteiger partial charge in [-0.2, -0.15) is 0 Å². The van der Waals surface area contributed by atoms with Gasteiger partial charge in [-0.3, -0.25) is 63.5 Å². The number of benzene rings is 2. The minimum Gasteiger partial charge on any atom is -0.508 e. The Balaban J connectivity index is 1.54. The molecule has 27 nitrogen and oxygen atoms in total. The van der Waals surface area contributed by atoms with Crippen molar-refractivity contribution in [2.75, 3.05) is 138 Å². The van der Waals surface area contributed by atoms with Crippen LogP contribution in [0.25, 0.3) is 0 Å². The maximum absolute atomic E-state index is 14.4. The third-order valence-electron chi connectivity index (χ3n) is 12.5. The van der Waals surface area contributed by atoms with Crippen LogP contribution in [-0.4, -0.2) is 237 Å². The van der Waals surface area contributed by atoms with Crippen LogP contribution in [-0.2, 0) is 49.6 Å². The lowest BCUT2D eigenvalue weighted by molar-refractivity contribution is -0.140. The van der Waals surface area contributed by atoms with Crippen molar-refractivity contribution >= 4 is 53.5 Å². The molecule has 0 saturated carbocycles. The lowest BCUT2D eigenvalue weighted by Gasteiger charge is -2.32. The summed E-state index contributed by atoms with van der Waals surface area (Å²) >= 11 is 0. The Hall–Kier alpha value is -7.95. The third kappa shape index (κ3) is 31.2. The normalized spacial score (nSPS) is 15.0. The first kappa shape index (κ1) is 69.3. The van der Waals surface area contributed by atoms with Crippen LogP contribution in [0.3, 0.4) is 0 Å². The molecule has 27 heteroatoms. The zero-order chi connectivity index (χ0) is 60.8. The molecule has 6 amide bonds. The number of nitrogens with zero attached hydrogens (tertiary/aromatic N) is 5. The molecule has 1 heterocycles. The number of urea groups is 1. The van der Waals surface area contributed by atoms with Crippen molar-refractivity contribution < 1.29 is 73.0 Å². The van der Waals surface area contributed by atoms with Crippen molar-refractivity contribution in [1.82, 2.24) is 51.5 Å². The lowest BCUT2D eigenvalue weighted by atomic mass is 9.90. The number of carbonyl (C=O) groups excluding carboxylic acids is 5. The van der Waals surface area contributed by atoms with Crippen LogP contribution in [0.5, 0.6) is 11.5 Å². The van der Waals surface area contributed by atoms with Crippen LogP contribution < -0.4 is 42.4 Å². The van der Waals surface area contributed by atoms with E-state index in [9.17, 15) is 58.8 Å². The molecule has 0 aliphatic carbocycles. The highest BCUT2D eigenvalue weighted by atomic mass is 16.5. The number of rotatable bonds is 35. The first-order valence-corrected chi connectivity index (χ1v) is 27.5. The van der Waals surface area contributed by atoms with Crippen LogP contribution in [0.4, 0.5) is 4.79 Å². The van der Waals surface area contributed by atoms with E-state index in [1.165, 1.54) is 12.1 Å². The Labute approximate surface area is 484 Å². The number of aliphatic carboxylic acids is 3. The number of ether oxygens (including phenoxy) is 3. The fraction of sp³-hybridized carbons (Fsp3) is 0.518. The van der Waals surface area contributed by atoms with Gasteiger partial charge in [0.15, 0.2) is 5.96 Å². The highest BCUT2D eigenvalue weighted by Gasteiger charge is 2.29. The van der Waals surface area contributed by atoms with Gasteiger partial charge < -0.3 is 67.0 Å². The second-order valence-electron chi connectivity index (χ2n) is 19.1. The summed E-state index contributed by atoms with van der Waals surface area (Å²) in [6.07, 6.45) is 7.78. The van der Waals surface area contributed by atoms with Crippen molar-refractivity contribution in [3.05, 3.63) is 96.1 Å². The average Bonchev–Trinajstić information content (AvgIpc) is 3.59. The van der Waals surface area contributed by atoms with E-state index in [0.29, 0.717) is 42.0 Å². The van der Waals surface area contributed by atoms with Gasteiger partial charge in [-0.15, -0.1) is 0 Å². The van der Waals surface area contributed by atoms with Crippen LogP contribution in [0.2, 0.25) is 0 Å². The Kier molecular flexibility index (Phi) is 33.6. The van der Waals surface area contributed by atoms with E-state index in [0.717, 1.165) is 0 Å². The van der Waals surface area contributed by atoms with Crippen molar-refractivity contribution in [3.63, 3.8) is 0 Å². The van der Waals surface area contributed by atoms with Crippen molar-refractivity contribution in [2.45, 2.75) is 51.6 Å². The number of carboxylic acids is 3. The number of nitrogens with one attached hydrogen (secondary N) is 6. The predicted octanol–water partition coefficient (Wildman–Crippen LogP) is -0.111. The number of carboxylic acid groups (broad SMARTS) is 3. The van der Waals surface area contributed by atoms with Gasteiger partial charge in [-0.05, 0) is 60.7 Å². The minimum atomic E-state index is -1.05. The zero-order valence-corrected chi connectivity index (χ0v) is 47.6. The molecule has 2 aromatic rings. The number of amides is 6. The summed E-state index contributed by atoms with van der Waals surface area (Å²) in [6.45, 7) is 11.0. The van der Waals surface area contributed by atoms with Crippen LogP contribution in [0, 0.1) is 0 Å². The molecule has 0 radical (unpaired) electrons. The summed E-state index contributed by atoms with van der Waals surface area (Å²) in [4.78, 5) is 111. The third-order valence-corrected chi connectivity index (χ3v) is 12.5. The molecule has 83 heavy (non-hydrogen) atoms. The Morgan fingerprint density at radius 1 is 0.687 bits per heavy atom. The Morgan fingerprint density at radius 2 is 1.24 bits per heavy atom. The smallest absolute Gasteiger partial charge is 0.321 e. The predicted molar refractivity (Wildman–Crippen MR) is 309 cm³/mol.